The summed E-state index contributed by atoms with van der Waals surface area (Å²) in [6.07, 6.45) is 0.331. The maximum atomic E-state index is 11.4. The summed E-state index contributed by atoms with van der Waals surface area (Å²) in [5, 5.41) is 30.2. The molecule has 0 aromatic heterocycles. The third kappa shape index (κ3) is 8.26. The van der Waals surface area contributed by atoms with Crippen molar-refractivity contribution in [1.82, 2.24) is 4.67 Å². The molecule has 3 aromatic carbocycles. The predicted octanol–water partition coefficient (Wildman–Crippen LogP) is 8.28. The molecule has 1 unspecified atom stereocenters. The maximum absolute atomic E-state index is 11.4. The third-order valence-electron chi connectivity index (χ3n) is 6.17. The smallest absolute Gasteiger partial charge is 0.277 e. The zero-order valence-electron chi connectivity index (χ0n) is 23.7. The largest absolute Gasteiger partial charge is 0.369 e. The molecule has 3 rings (SSSR count). The summed E-state index contributed by atoms with van der Waals surface area (Å²) < 4.78 is 14.4. The number of rotatable bonds is 15. The van der Waals surface area contributed by atoms with Crippen molar-refractivity contribution in [3.63, 3.8) is 0 Å². The summed E-state index contributed by atoms with van der Waals surface area (Å²) in [4.78, 5) is 13.2. The Kier molecular flexibility index (Phi) is 11.9. The number of benzene rings is 3. The van der Waals surface area contributed by atoms with E-state index in [0.29, 0.717) is 48.3 Å². The number of azo groups is 1. The lowest BCUT2D eigenvalue weighted by molar-refractivity contribution is -0.383. The first kappa shape index (κ1) is 31.1. The van der Waals surface area contributed by atoms with Gasteiger partial charge in [0.1, 0.15) is 0 Å². The molecule has 40 heavy (non-hydrogen) atoms. The Labute approximate surface area is 237 Å². The number of nitro benzene ring substituents is 1. The highest BCUT2D eigenvalue weighted by molar-refractivity contribution is 7.44. The molecule has 0 saturated heterocycles. The number of hydrogen-bond donors (Lipinski definition) is 0. The SMILES string of the molecule is CCN(CCOP(OCCC#N)N(C(C)C)C(C)C)c1ccc(N=Nc2ccc([N+](=O)[O-])c3ccccc23)cc1. The van der Waals surface area contributed by atoms with Gasteiger partial charge in [-0.05, 0) is 71.0 Å². The van der Waals surface area contributed by atoms with Crippen molar-refractivity contribution < 1.29 is 14.0 Å². The molecule has 0 saturated carbocycles. The average molecular weight is 565 g/mol. The van der Waals surface area contributed by atoms with Crippen molar-refractivity contribution in [3.05, 3.63) is 70.8 Å². The van der Waals surface area contributed by atoms with Crippen LogP contribution in [-0.2, 0) is 9.05 Å². The zero-order valence-corrected chi connectivity index (χ0v) is 24.6. The fourth-order valence-electron chi connectivity index (χ4n) is 4.37. The molecule has 3 aromatic rings. The van der Waals surface area contributed by atoms with Gasteiger partial charge in [-0.15, -0.1) is 5.11 Å². The highest BCUT2D eigenvalue weighted by atomic mass is 31.2. The van der Waals surface area contributed by atoms with Gasteiger partial charge in [-0.2, -0.15) is 10.4 Å². The van der Waals surface area contributed by atoms with E-state index in [9.17, 15) is 10.1 Å². The summed E-state index contributed by atoms with van der Waals surface area (Å²) in [5.74, 6) is 0. The minimum atomic E-state index is -1.28. The molecule has 0 radical (unpaired) electrons. The maximum Gasteiger partial charge on any atom is 0.277 e. The fourth-order valence-corrected chi connectivity index (χ4v) is 5.95. The molecular weight excluding hydrogens is 527 g/mol. The lowest BCUT2D eigenvalue weighted by atomic mass is 10.1. The standard InChI is InChI=1S/C29H37N6O4P/c1-6-33(19-21-39-40(38-20-9-18-30)34(22(2)3)23(4)5)25-14-12-24(13-15-25)31-32-28-16-17-29(35(36)37)27-11-8-7-10-26(27)28/h7-8,10-17,22-23H,6,9,19-21H2,1-5H3. The van der Waals surface area contributed by atoms with Gasteiger partial charge in [0.15, 0.2) is 0 Å². The minimum absolute atomic E-state index is 0.0463. The summed E-state index contributed by atoms with van der Waals surface area (Å²) in [7, 11) is -1.28. The molecule has 1 atom stereocenters. The molecule has 0 aliphatic carbocycles. The Bertz CT molecular complexity index is 1320. The number of anilines is 1. The van der Waals surface area contributed by atoms with Gasteiger partial charge in [-0.25, -0.2) is 4.67 Å². The summed E-state index contributed by atoms with van der Waals surface area (Å²) in [5.41, 5.74) is 2.33. The number of nitriles is 1. The van der Waals surface area contributed by atoms with Crippen LogP contribution in [-0.4, -0.2) is 48.0 Å². The summed E-state index contributed by atoms with van der Waals surface area (Å²) in [6, 6.07) is 20.6. The molecular formula is C29H37N6O4P. The molecule has 0 bridgehead atoms. The number of hydrogen-bond acceptors (Lipinski definition) is 9. The highest BCUT2D eigenvalue weighted by Crippen LogP contribution is 2.46. The van der Waals surface area contributed by atoms with Crippen LogP contribution in [0.5, 0.6) is 0 Å². The van der Waals surface area contributed by atoms with Gasteiger partial charge in [-0.3, -0.25) is 10.1 Å². The molecule has 0 N–H and O–H groups in total. The van der Waals surface area contributed by atoms with Crippen LogP contribution in [0.1, 0.15) is 41.0 Å². The molecule has 0 spiro atoms. The topological polar surface area (TPSA) is 117 Å². The van der Waals surface area contributed by atoms with E-state index in [1.54, 1.807) is 18.2 Å². The van der Waals surface area contributed by atoms with Gasteiger partial charge in [-0.1, -0.05) is 18.2 Å². The second-order valence-corrected chi connectivity index (χ2v) is 11.0. The van der Waals surface area contributed by atoms with Crippen LogP contribution in [0.25, 0.3) is 10.8 Å². The number of non-ortho nitro benzene ring substituents is 1. The van der Waals surface area contributed by atoms with Gasteiger partial charge in [0.2, 0.25) is 0 Å². The third-order valence-corrected chi connectivity index (χ3v) is 8.28. The van der Waals surface area contributed by atoms with Gasteiger partial charge in [0.25, 0.3) is 14.2 Å². The minimum Gasteiger partial charge on any atom is -0.369 e. The lowest BCUT2D eigenvalue weighted by Gasteiger charge is -2.36. The Morgan fingerprint density at radius 1 is 0.950 bits per heavy atom. The molecule has 0 heterocycles. The molecule has 0 aliphatic rings. The van der Waals surface area contributed by atoms with E-state index in [-0.39, 0.29) is 22.7 Å². The van der Waals surface area contributed by atoms with Crippen LogP contribution in [0.2, 0.25) is 0 Å². The zero-order chi connectivity index (χ0) is 29.1. The average Bonchev–Trinajstić information content (AvgIpc) is 2.93. The first-order chi connectivity index (χ1) is 19.3. The van der Waals surface area contributed by atoms with E-state index in [2.05, 4.69) is 60.5 Å². The summed E-state index contributed by atoms with van der Waals surface area (Å²) in [6.45, 7) is 12.9. The van der Waals surface area contributed by atoms with Crippen molar-refractivity contribution in [2.45, 2.75) is 53.1 Å². The van der Waals surface area contributed by atoms with Gasteiger partial charge < -0.3 is 13.9 Å². The van der Waals surface area contributed by atoms with Crippen LogP contribution >= 0.6 is 8.53 Å². The second-order valence-electron chi connectivity index (χ2n) is 9.58. The number of nitrogens with zero attached hydrogens (tertiary/aromatic N) is 6. The van der Waals surface area contributed by atoms with Crippen LogP contribution in [0, 0.1) is 21.4 Å². The van der Waals surface area contributed by atoms with Crippen LogP contribution < -0.4 is 4.90 Å². The number of fused-ring (bicyclic) bond motifs is 1. The molecule has 212 valence electrons. The van der Waals surface area contributed by atoms with Crippen molar-refractivity contribution >= 4 is 42.0 Å². The molecule has 0 amide bonds. The van der Waals surface area contributed by atoms with E-state index in [0.717, 1.165) is 12.2 Å². The number of nitro groups is 1. The van der Waals surface area contributed by atoms with E-state index in [1.807, 2.05) is 36.4 Å². The molecule has 0 fully saturated rings. The van der Waals surface area contributed by atoms with E-state index in [4.69, 9.17) is 14.3 Å². The van der Waals surface area contributed by atoms with Crippen LogP contribution in [0.15, 0.2) is 70.9 Å². The Balaban J connectivity index is 1.67. The Hall–Kier alpha value is -3.48. The molecule has 10 nitrogen and oxygen atoms in total. The molecule has 0 aliphatic heterocycles. The highest BCUT2D eigenvalue weighted by Gasteiger charge is 2.27. The van der Waals surface area contributed by atoms with Crippen molar-refractivity contribution in [1.29, 1.82) is 5.26 Å². The lowest BCUT2D eigenvalue weighted by Crippen LogP contribution is -2.34. The van der Waals surface area contributed by atoms with E-state index >= 15 is 0 Å². The molecule has 11 heteroatoms. The van der Waals surface area contributed by atoms with Crippen molar-refractivity contribution in [2.75, 3.05) is 31.2 Å². The predicted molar refractivity (Wildman–Crippen MR) is 160 cm³/mol. The van der Waals surface area contributed by atoms with Crippen molar-refractivity contribution in [2.24, 2.45) is 10.2 Å². The quantitative estimate of drug-likeness (QED) is 0.0599. The first-order valence-corrected chi connectivity index (χ1v) is 14.5. The van der Waals surface area contributed by atoms with Gasteiger partial charge in [0.05, 0.1) is 47.4 Å². The van der Waals surface area contributed by atoms with E-state index in [1.165, 1.54) is 6.07 Å². The normalized spacial score (nSPS) is 12.5. The Morgan fingerprint density at radius 3 is 2.20 bits per heavy atom. The monoisotopic (exact) mass is 564 g/mol. The van der Waals surface area contributed by atoms with E-state index < -0.39 is 8.53 Å². The summed E-state index contributed by atoms with van der Waals surface area (Å²) >= 11 is 0. The van der Waals surface area contributed by atoms with Crippen molar-refractivity contribution in [3.8, 4) is 6.07 Å². The number of likely N-dealkylation sites (N-methyl/N-ethyl adjacent to an activating group) is 1. The fraction of sp³-hybridized carbons (Fsp3) is 0.414. The van der Waals surface area contributed by atoms with Crippen LogP contribution in [0.3, 0.4) is 0 Å². The second kappa shape index (κ2) is 15.3. The first-order valence-electron chi connectivity index (χ1n) is 13.4. The Morgan fingerprint density at radius 2 is 1.60 bits per heavy atom. The van der Waals surface area contributed by atoms with Gasteiger partial charge >= 0.3 is 0 Å². The van der Waals surface area contributed by atoms with Gasteiger partial charge in [0, 0.05) is 42.3 Å². The van der Waals surface area contributed by atoms with Crippen LogP contribution in [0.4, 0.5) is 22.7 Å².